The minimum atomic E-state index is 0.328. The fourth-order valence-corrected chi connectivity index (χ4v) is 3.82. The summed E-state index contributed by atoms with van der Waals surface area (Å²) in [5.74, 6) is 1.92. The molecule has 1 aromatic heterocycles. The Kier molecular flexibility index (Phi) is 4.88. The highest BCUT2D eigenvalue weighted by Crippen LogP contribution is 2.27. The van der Waals surface area contributed by atoms with Crippen LogP contribution >= 0.6 is 0 Å². The minimum absolute atomic E-state index is 0.328. The van der Waals surface area contributed by atoms with Crippen molar-refractivity contribution < 1.29 is 9.15 Å². The first kappa shape index (κ1) is 16.3. The smallest absolute Gasteiger partial charge is 0.234 e. The number of nitrogens with zero attached hydrogens (tertiary/aromatic N) is 4. The average Bonchev–Trinajstić information content (AvgIpc) is 2.88. The van der Waals surface area contributed by atoms with E-state index >= 15 is 0 Å². The SMILES string of the molecule is Cc1nc(C#N)c(N2CCC(CN3CC(C)OC(C)C3)CC2)o1. The van der Waals surface area contributed by atoms with Crippen LogP contribution in [-0.2, 0) is 4.74 Å². The molecule has 1 aromatic rings. The van der Waals surface area contributed by atoms with Crippen molar-refractivity contribution in [3.05, 3.63) is 11.6 Å². The van der Waals surface area contributed by atoms with E-state index in [4.69, 9.17) is 14.4 Å². The number of aromatic nitrogens is 1. The normalized spacial score (nSPS) is 27.1. The highest BCUT2D eigenvalue weighted by atomic mass is 16.5. The van der Waals surface area contributed by atoms with Crippen LogP contribution in [0.4, 0.5) is 5.88 Å². The molecule has 6 nitrogen and oxygen atoms in total. The van der Waals surface area contributed by atoms with Crippen LogP contribution in [0.15, 0.2) is 4.42 Å². The maximum atomic E-state index is 9.16. The molecule has 0 radical (unpaired) electrons. The summed E-state index contributed by atoms with van der Waals surface area (Å²) in [5.41, 5.74) is 0.414. The Bertz CT molecular complexity index is 562. The number of morpholine rings is 1. The van der Waals surface area contributed by atoms with E-state index in [0.29, 0.717) is 35.6 Å². The van der Waals surface area contributed by atoms with Gasteiger partial charge in [0.15, 0.2) is 5.89 Å². The predicted octanol–water partition coefficient (Wildman–Crippen LogP) is 2.18. The molecule has 3 rings (SSSR count). The summed E-state index contributed by atoms with van der Waals surface area (Å²) < 4.78 is 11.4. The van der Waals surface area contributed by atoms with Crippen molar-refractivity contribution in [3.8, 4) is 6.07 Å². The lowest BCUT2D eigenvalue weighted by atomic mass is 9.95. The van der Waals surface area contributed by atoms with E-state index in [0.717, 1.165) is 45.6 Å². The molecular formula is C17H26N4O2. The van der Waals surface area contributed by atoms with Crippen molar-refractivity contribution in [2.75, 3.05) is 37.6 Å². The van der Waals surface area contributed by atoms with Crippen LogP contribution in [0.5, 0.6) is 0 Å². The van der Waals surface area contributed by atoms with Crippen molar-refractivity contribution >= 4 is 5.88 Å². The third-order valence-corrected chi connectivity index (χ3v) is 4.74. The Morgan fingerprint density at radius 1 is 1.22 bits per heavy atom. The van der Waals surface area contributed by atoms with Crippen LogP contribution in [-0.4, -0.2) is 54.8 Å². The van der Waals surface area contributed by atoms with Crippen molar-refractivity contribution in [2.24, 2.45) is 5.92 Å². The van der Waals surface area contributed by atoms with E-state index in [1.807, 2.05) is 0 Å². The Morgan fingerprint density at radius 3 is 2.48 bits per heavy atom. The Balaban J connectivity index is 1.53. The zero-order valence-corrected chi connectivity index (χ0v) is 14.3. The van der Waals surface area contributed by atoms with Crippen molar-refractivity contribution in [2.45, 2.75) is 45.8 Å². The summed E-state index contributed by atoms with van der Waals surface area (Å²) in [6.45, 7) is 11.2. The van der Waals surface area contributed by atoms with Crippen LogP contribution in [0.1, 0.15) is 38.3 Å². The summed E-state index contributed by atoms with van der Waals surface area (Å²) in [4.78, 5) is 8.85. The Labute approximate surface area is 138 Å². The molecule has 0 N–H and O–H groups in total. The van der Waals surface area contributed by atoms with Gasteiger partial charge >= 0.3 is 0 Å². The van der Waals surface area contributed by atoms with Gasteiger partial charge in [0.2, 0.25) is 11.6 Å². The van der Waals surface area contributed by atoms with Crippen LogP contribution in [0.3, 0.4) is 0 Å². The first-order valence-electron chi connectivity index (χ1n) is 8.55. The third-order valence-electron chi connectivity index (χ3n) is 4.74. The highest BCUT2D eigenvalue weighted by molar-refractivity contribution is 5.48. The van der Waals surface area contributed by atoms with Gasteiger partial charge in [-0.25, -0.2) is 4.98 Å². The highest BCUT2D eigenvalue weighted by Gasteiger charge is 2.28. The Hall–Kier alpha value is -1.58. The molecule has 0 spiro atoms. The quantitative estimate of drug-likeness (QED) is 0.851. The van der Waals surface area contributed by atoms with E-state index < -0.39 is 0 Å². The van der Waals surface area contributed by atoms with Crippen LogP contribution in [0.25, 0.3) is 0 Å². The second-order valence-electron chi connectivity index (χ2n) is 6.90. The number of ether oxygens (including phenoxy) is 1. The number of anilines is 1. The number of rotatable bonds is 3. The van der Waals surface area contributed by atoms with E-state index in [-0.39, 0.29) is 0 Å². The first-order valence-corrected chi connectivity index (χ1v) is 8.55. The molecule has 0 bridgehead atoms. The Morgan fingerprint density at radius 2 is 1.87 bits per heavy atom. The van der Waals surface area contributed by atoms with Gasteiger partial charge in [-0.2, -0.15) is 5.26 Å². The van der Waals surface area contributed by atoms with Gasteiger partial charge in [-0.15, -0.1) is 0 Å². The molecule has 126 valence electrons. The lowest BCUT2D eigenvalue weighted by Gasteiger charge is -2.39. The van der Waals surface area contributed by atoms with Crippen molar-refractivity contribution in [3.63, 3.8) is 0 Å². The molecule has 6 heteroatoms. The van der Waals surface area contributed by atoms with Gasteiger partial charge in [-0.1, -0.05) is 0 Å². The molecule has 0 saturated carbocycles. The molecule has 2 fully saturated rings. The van der Waals surface area contributed by atoms with E-state index in [9.17, 15) is 0 Å². The molecular weight excluding hydrogens is 292 g/mol. The van der Waals surface area contributed by atoms with Gasteiger partial charge in [-0.3, -0.25) is 4.90 Å². The topological polar surface area (TPSA) is 65.5 Å². The molecule has 2 saturated heterocycles. The number of hydrogen-bond donors (Lipinski definition) is 0. The van der Waals surface area contributed by atoms with Crippen molar-refractivity contribution in [1.29, 1.82) is 5.26 Å². The molecule has 23 heavy (non-hydrogen) atoms. The summed E-state index contributed by atoms with van der Waals surface area (Å²) >= 11 is 0. The van der Waals surface area contributed by atoms with Gasteiger partial charge in [0.1, 0.15) is 6.07 Å². The zero-order chi connectivity index (χ0) is 16.4. The van der Waals surface area contributed by atoms with E-state index in [1.54, 1.807) is 6.92 Å². The average molecular weight is 318 g/mol. The molecule has 2 aliphatic rings. The maximum absolute atomic E-state index is 9.16. The molecule has 0 aromatic carbocycles. The van der Waals surface area contributed by atoms with Gasteiger partial charge in [-0.05, 0) is 32.6 Å². The number of nitriles is 1. The summed E-state index contributed by atoms with van der Waals surface area (Å²) in [6.07, 6.45) is 2.92. The van der Waals surface area contributed by atoms with Crippen LogP contribution < -0.4 is 4.90 Å². The second kappa shape index (κ2) is 6.90. The third kappa shape index (κ3) is 3.85. The zero-order valence-electron chi connectivity index (χ0n) is 14.3. The van der Waals surface area contributed by atoms with E-state index in [1.165, 1.54) is 0 Å². The fraction of sp³-hybridized carbons (Fsp3) is 0.765. The lowest BCUT2D eigenvalue weighted by Crippen LogP contribution is -2.48. The molecule has 0 aliphatic carbocycles. The monoisotopic (exact) mass is 318 g/mol. The molecule has 2 atom stereocenters. The number of hydrogen-bond acceptors (Lipinski definition) is 6. The van der Waals surface area contributed by atoms with E-state index in [2.05, 4.69) is 34.7 Å². The standard InChI is InChI=1S/C17H26N4O2/c1-12-9-20(10-13(2)22-12)11-15-4-6-21(7-5-15)17-16(8-18)19-14(3)23-17/h12-13,15H,4-7,9-11H2,1-3H3. The van der Waals surface area contributed by atoms with Gasteiger partial charge in [0.05, 0.1) is 12.2 Å². The molecule has 0 amide bonds. The summed E-state index contributed by atoms with van der Waals surface area (Å²) in [6, 6.07) is 2.13. The number of oxazole rings is 1. The summed E-state index contributed by atoms with van der Waals surface area (Å²) in [5, 5.41) is 9.16. The predicted molar refractivity (Wildman–Crippen MR) is 87.3 cm³/mol. The molecule has 3 heterocycles. The largest absolute Gasteiger partial charge is 0.424 e. The van der Waals surface area contributed by atoms with Gasteiger partial charge in [0, 0.05) is 39.6 Å². The van der Waals surface area contributed by atoms with Gasteiger partial charge < -0.3 is 14.1 Å². The van der Waals surface area contributed by atoms with Crippen LogP contribution in [0.2, 0.25) is 0 Å². The number of aryl methyl sites for hydroxylation is 1. The van der Waals surface area contributed by atoms with Crippen LogP contribution in [0, 0.1) is 24.2 Å². The second-order valence-corrected chi connectivity index (χ2v) is 6.90. The first-order chi connectivity index (χ1) is 11.0. The lowest BCUT2D eigenvalue weighted by molar-refractivity contribution is -0.0720. The van der Waals surface area contributed by atoms with Gasteiger partial charge in [0.25, 0.3) is 0 Å². The maximum Gasteiger partial charge on any atom is 0.234 e. The fourth-order valence-electron chi connectivity index (χ4n) is 3.82. The molecule has 2 unspecified atom stereocenters. The molecule has 2 aliphatic heterocycles. The minimum Gasteiger partial charge on any atom is -0.424 e. The summed E-state index contributed by atoms with van der Waals surface area (Å²) in [7, 11) is 0. The van der Waals surface area contributed by atoms with Crippen molar-refractivity contribution in [1.82, 2.24) is 9.88 Å². The number of piperidine rings is 1.